The summed E-state index contributed by atoms with van der Waals surface area (Å²) in [5, 5.41) is 5.99. The lowest BCUT2D eigenvalue weighted by molar-refractivity contribution is -0.274. The highest BCUT2D eigenvalue weighted by molar-refractivity contribution is 6.17. The minimum atomic E-state index is -4.76. The molecule has 1 amide bonds. The summed E-state index contributed by atoms with van der Waals surface area (Å²) in [6.45, 7) is 3.50. The highest BCUT2D eigenvalue weighted by atomic mass is 19.4. The second-order valence-corrected chi connectivity index (χ2v) is 4.05. The average molecular weight is 313 g/mol. The van der Waals surface area contributed by atoms with E-state index in [2.05, 4.69) is 26.8 Å². The van der Waals surface area contributed by atoms with Gasteiger partial charge >= 0.3 is 6.36 Å². The molecule has 0 atom stereocenters. The van der Waals surface area contributed by atoms with Gasteiger partial charge in [0.05, 0.1) is 5.57 Å². The Labute approximate surface area is 122 Å². The Balaban J connectivity index is 2.18. The molecule has 0 radical (unpaired) electrons. The molecule has 1 aromatic carbocycles. The molecule has 0 aliphatic rings. The fourth-order valence-electron chi connectivity index (χ4n) is 1.52. The van der Waals surface area contributed by atoms with Crippen LogP contribution in [0.2, 0.25) is 0 Å². The number of amides is 1. The molecule has 0 aliphatic carbocycles. The zero-order valence-corrected chi connectivity index (χ0v) is 11.3. The molecule has 2 rings (SSSR count). The second-order valence-electron chi connectivity index (χ2n) is 4.05. The average Bonchev–Trinajstić information content (AvgIpc) is 2.94. The minimum absolute atomic E-state index is 0.0155. The third-order valence-electron chi connectivity index (χ3n) is 2.53. The van der Waals surface area contributed by atoms with Gasteiger partial charge in [-0.2, -0.15) is 4.98 Å². The Hall–Kier alpha value is -2.84. The highest BCUT2D eigenvalue weighted by Crippen LogP contribution is 2.25. The largest absolute Gasteiger partial charge is 0.573 e. The Morgan fingerprint density at radius 2 is 1.95 bits per heavy atom. The van der Waals surface area contributed by atoms with Gasteiger partial charge in [0.15, 0.2) is 0 Å². The van der Waals surface area contributed by atoms with Gasteiger partial charge < -0.3 is 14.6 Å². The number of hydrogen-bond acceptors (Lipinski definition) is 5. The number of hydrogen-bond donors (Lipinski definition) is 1. The van der Waals surface area contributed by atoms with Gasteiger partial charge in [0.25, 0.3) is 11.8 Å². The van der Waals surface area contributed by atoms with Crippen LogP contribution in [0.15, 0.2) is 35.4 Å². The van der Waals surface area contributed by atoms with Crippen molar-refractivity contribution in [3.05, 3.63) is 36.7 Å². The first-order valence-electron chi connectivity index (χ1n) is 5.91. The monoisotopic (exact) mass is 313 g/mol. The van der Waals surface area contributed by atoms with Crippen LogP contribution in [0.3, 0.4) is 0 Å². The summed E-state index contributed by atoms with van der Waals surface area (Å²) in [4.78, 5) is 15.3. The van der Waals surface area contributed by atoms with Crippen molar-refractivity contribution in [2.24, 2.45) is 0 Å². The predicted molar refractivity (Wildman–Crippen MR) is 69.5 cm³/mol. The van der Waals surface area contributed by atoms with Crippen molar-refractivity contribution >= 4 is 11.5 Å². The molecular weight excluding hydrogens is 303 g/mol. The maximum absolute atomic E-state index is 12.1. The van der Waals surface area contributed by atoms with Crippen LogP contribution in [0.25, 0.3) is 17.0 Å². The standard InChI is InChI=1S/C13H10F3N3O3/c1-7(11(20)17-2)12-18-10(19-22-12)8-3-5-9(6-4-8)21-13(14,15)16/h3-6H,1H2,2H3,(H,17,20). The number of halogens is 3. The molecule has 0 fully saturated rings. The van der Waals surface area contributed by atoms with Crippen LogP contribution in [0.1, 0.15) is 5.89 Å². The van der Waals surface area contributed by atoms with E-state index in [4.69, 9.17) is 4.52 Å². The van der Waals surface area contributed by atoms with Crippen LogP contribution in [0, 0.1) is 0 Å². The maximum Gasteiger partial charge on any atom is 0.573 e. The normalized spacial score (nSPS) is 11.1. The van der Waals surface area contributed by atoms with Crippen molar-refractivity contribution in [1.29, 1.82) is 0 Å². The molecule has 0 unspecified atom stereocenters. The molecule has 1 aromatic heterocycles. The Bertz CT molecular complexity index is 693. The highest BCUT2D eigenvalue weighted by Gasteiger charge is 2.31. The molecule has 116 valence electrons. The van der Waals surface area contributed by atoms with Crippen LogP contribution >= 0.6 is 0 Å². The molecule has 0 aliphatic heterocycles. The number of benzene rings is 1. The first-order valence-corrected chi connectivity index (χ1v) is 5.91. The number of likely N-dealkylation sites (N-methyl/N-ethyl adjacent to an activating group) is 1. The van der Waals surface area contributed by atoms with Crippen molar-refractivity contribution in [2.75, 3.05) is 7.05 Å². The molecular formula is C13H10F3N3O3. The number of alkyl halides is 3. The van der Waals surface area contributed by atoms with E-state index in [0.717, 1.165) is 12.1 Å². The molecule has 22 heavy (non-hydrogen) atoms. The van der Waals surface area contributed by atoms with Crippen LogP contribution in [-0.4, -0.2) is 29.5 Å². The molecule has 9 heteroatoms. The van der Waals surface area contributed by atoms with Crippen LogP contribution in [0.5, 0.6) is 5.75 Å². The number of nitrogens with one attached hydrogen (secondary N) is 1. The lowest BCUT2D eigenvalue weighted by Gasteiger charge is -2.08. The fourth-order valence-corrected chi connectivity index (χ4v) is 1.52. The van der Waals surface area contributed by atoms with Crippen LogP contribution in [-0.2, 0) is 4.79 Å². The first kappa shape index (κ1) is 15.5. The molecule has 6 nitrogen and oxygen atoms in total. The Morgan fingerprint density at radius 3 is 2.50 bits per heavy atom. The van der Waals surface area contributed by atoms with E-state index < -0.39 is 12.3 Å². The lowest BCUT2D eigenvalue weighted by atomic mass is 10.2. The fraction of sp³-hybridized carbons (Fsp3) is 0.154. The topological polar surface area (TPSA) is 77.2 Å². The smallest absolute Gasteiger partial charge is 0.406 e. The van der Waals surface area contributed by atoms with Crippen LogP contribution < -0.4 is 10.1 Å². The van der Waals surface area contributed by atoms with E-state index >= 15 is 0 Å². The van der Waals surface area contributed by atoms with Gasteiger partial charge in [-0.05, 0) is 24.3 Å². The molecule has 1 heterocycles. The first-order chi connectivity index (χ1) is 10.3. The zero-order valence-electron chi connectivity index (χ0n) is 11.3. The van der Waals surface area contributed by atoms with Crippen molar-refractivity contribution in [1.82, 2.24) is 15.5 Å². The van der Waals surface area contributed by atoms with Gasteiger partial charge in [-0.1, -0.05) is 11.7 Å². The zero-order chi connectivity index (χ0) is 16.3. The second kappa shape index (κ2) is 5.88. The summed E-state index contributed by atoms with van der Waals surface area (Å²) in [5.41, 5.74) is 0.382. The predicted octanol–water partition coefficient (Wildman–Crippen LogP) is 2.39. The van der Waals surface area contributed by atoms with Gasteiger partial charge in [-0.3, -0.25) is 4.79 Å². The number of aromatic nitrogens is 2. The van der Waals surface area contributed by atoms with Gasteiger partial charge in [0.2, 0.25) is 5.82 Å². The van der Waals surface area contributed by atoms with Crippen molar-refractivity contribution in [3.63, 3.8) is 0 Å². The quantitative estimate of drug-likeness (QED) is 0.877. The Kier molecular flexibility index (Phi) is 4.15. The van der Waals surface area contributed by atoms with E-state index in [9.17, 15) is 18.0 Å². The summed E-state index contributed by atoms with van der Waals surface area (Å²) in [6, 6.07) is 4.90. The summed E-state index contributed by atoms with van der Waals surface area (Å²) in [5.74, 6) is -0.817. The van der Waals surface area contributed by atoms with Gasteiger partial charge in [0.1, 0.15) is 5.75 Å². The molecule has 0 bridgehead atoms. The minimum Gasteiger partial charge on any atom is -0.406 e. The van der Waals surface area contributed by atoms with Gasteiger partial charge in [-0.25, -0.2) is 0 Å². The van der Waals surface area contributed by atoms with Crippen LogP contribution in [0.4, 0.5) is 13.2 Å². The molecule has 1 N–H and O–H groups in total. The van der Waals surface area contributed by atoms with Crippen molar-refractivity contribution < 1.29 is 27.2 Å². The number of rotatable bonds is 4. The van der Waals surface area contributed by atoms with Crippen molar-refractivity contribution in [2.45, 2.75) is 6.36 Å². The lowest BCUT2D eigenvalue weighted by Crippen LogP contribution is -2.18. The van der Waals surface area contributed by atoms with E-state index in [1.165, 1.54) is 19.2 Å². The number of nitrogens with zero attached hydrogens (tertiary/aromatic N) is 2. The summed E-state index contributed by atoms with van der Waals surface area (Å²) < 4.78 is 44.8. The maximum atomic E-state index is 12.1. The van der Waals surface area contributed by atoms with Crippen molar-refractivity contribution in [3.8, 4) is 17.1 Å². The third kappa shape index (κ3) is 3.62. The van der Waals surface area contributed by atoms with Gasteiger partial charge in [-0.15, -0.1) is 13.2 Å². The SMILES string of the molecule is C=C(C(=O)NC)c1nc(-c2ccc(OC(F)(F)F)cc2)no1. The number of carbonyl (C=O) groups excluding carboxylic acids is 1. The van der Waals surface area contributed by atoms with E-state index in [0.29, 0.717) is 5.56 Å². The van der Waals surface area contributed by atoms with E-state index in [1.54, 1.807) is 0 Å². The van der Waals surface area contributed by atoms with Gasteiger partial charge in [0, 0.05) is 12.6 Å². The third-order valence-corrected chi connectivity index (χ3v) is 2.53. The Morgan fingerprint density at radius 1 is 1.32 bits per heavy atom. The molecule has 2 aromatic rings. The summed E-state index contributed by atoms with van der Waals surface area (Å²) >= 11 is 0. The van der Waals surface area contributed by atoms with E-state index in [1.807, 2.05) is 0 Å². The number of carbonyl (C=O) groups is 1. The summed E-state index contributed by atoms with van der Waals surface area (Å²) in [6.07, 6.45) is -4.76. The molecule has 0 saturated carbocycles. The molecule has 0 spiro atoms. The summed E-state index contributed by atoms with van der Waals surface area (Å²) in [7, 11) is 1.42. The number of ether oxygens (including phenoxy) is 1. The van der Waals surface area contributed by atoms with E-state index in [-0.39, 0.29) is 23.0 Å². The molecule has 0 saturated heterocycles.